The van der Waals surface area contributed by atoms with E-state index in [-0.39, 0.29) is 19.0 Å². The van der Waals surface area contributed by atoms with Crippen molar-refractivity contribution in [2.24, 2.45) is 0 Å². The van der Waals surface area contributed by atoms with Crippen molar-refractivity contribution < 1.29 is 23.4 Å². The number of aliphatic hydroxyl groups is 1. The summed E-state index contributed by atoms with van der Waals surface area (Å²) in [7, 11) is 1.58. The molecule has 126 valence electrons. The zero-order chi connectivity index (χ0) is 16.9. The molecule has 0 saturated heterocycles. The van der Waals surface area contributed by atoms with Gasteiger partial charge in [-0.15, -0.1) is 5.10 Å². The lowest BCUT2D eigenvalue weighted by Gasteiger charge is -2.11. The van der Waals surface area contributed by atoms with Gasteiger partial charge in [-0.3, -0.25) is 0 Å². The molecule has 1 aromatic carbocycles. The summed E-state index contributed by atoms with van der Waals surface area (Å²) < 4.78 is 21.6. The summed E-state index contributed by atoms with van der Waals surface area (Å²) in [4.78, 5) is 11.7. The van der Waals surface area contributed by atoms with Crippen molar-refractivity contribution in [3.05, 3.63) is 53.2 Å². The number of methoxy groups -OCH3 is 1. The van der Waals surface area contributed by atoms with Gasteiger partial charge in [0.25, 0.3) is 5.89 Å². The number of rotatable bonds is 7. The molecule has 1 atom stereocenters. The fourth-order valence-electron chi connectivity index (χ4n) is 2.04. The van der Waals surface area contributed by atoms with E-state index >= 15 is 0 Å². The summed E-state index contributed by atoms with van der Waals surface area (Å²) in [5.41, 5.74) is 0. The molecular weight excluding hydrogens is 316 g/mol. The molecule has 8 heteroatoms. The van der Waals surface area contributed by atoms with Crippen molar-refractivity contribution >= 4 is 0 Å². The summed E-state index contributed by atoms with van der Waals surface area (Å²) in [5, 5.41) is 14.0. The van der Waals surface area contributed by atoms with Crippen molar-refractivity contribution in [1.29, 1.82) is 0 Å². The fraction of sp³-hybridized carbons (Fsp3) is 0.250. The number of benzene rings is 1. The molecule has 2 aromatic heterocycles. The number of hydrogen-bond donors (Lipinski definition) is 1. The maximum atomic E-state index is 11.7. The Kier molecular flexibility index (Phi) is 4.66. The van der Waals surface area contributed by atoms with Crippen LogP contribution in [-0.4, -0.2) is 34.7 Å². The van der Waals surface area contributed by atoms with Crippen molar-refractivity contribution in [2.75, 3.05) is 13.7 Å². The van der Waals surface area contributed by atoms with E-state index in [9.17, 15) is 9.90 Å². The lowest BCUT2D eigenvalue weighted by molar-refractivity contribution is 0.0875. The van der Waals surface area contributed by atoms with Crippen LogP contribution in [0.4, 0.5) is 0 Å². The summed E-state index contributed by atoms with van der Waals surface area (Å²) in [6, 6.07) is 10.2. The highest BCUT2D eigenvalue weighted by Crippen LogP contribution is 2.17. The molecular formula is C16H16N2O6. The van der Waals surface area contributed by atoms with Crippen LogP contribution >= 0.6 is 0 Å². The number of hydrogen-bond acceptors (Lipinski definition) is 7. The van der Waals surface area contributed by atoms with Crippen molar-refractivity contribution in [3.8, 4) is 23.1 Å². The number of aromatic nitrogens is 2. The Balaban J connectivity index is 1.58. The van der Waals surface area contributed by atoms with Gasteiger partial charge in [-0.05, 0) is 36.4 Å². The van der Waals surface area contributed by atoms with Gasteiger partial charge in [0.15, 0.2) is 5.76 Å². The van der Waals surface area contributed by atoms with Crippen molar-refractivity contribution in [1.82, 2.24) is 9.78 Å². The molecule has 3 rings (SSSR count). The molecule has 0 amide bonds. The second kappa shape index (κ2) is 7.05. The standard InChI is InChI=1S/C16H16N2O6/c1-21-12-4-6-13(7-5-12)23-10-11(19)9-18-16(20)24-15(17-18)14-3-2-8-22-14/h2-8,11,19H,9-10H2,1H3/t11-/m0/s1. The fourth-order valence-corrected chi connectivity index (χ4v) is 2.04. The number of aliphatic hydroxyl groups excluding tert-OH is 1. The first-order chi connectivity index (χ1) is 11.7. The van der Waals surface area contributed by atoms with E-state index in [2.05, 4.69) is 5.10 Å². The van der Waals surface area contributed by atoms with Crippen LogP contribution in [0.1, 0.15) is 0 Å². The first-order valence-corrected chi connectivity index (χ1v) is 7.22. The van der Waals surface area contributed by atoms with Crippen LogP contribution in [0, 0.1) is 0 Å². The molecule has 0 bridgehead atoms. The Hall–Kier alpha value is -3.00. The molecule has 0 radical (unpaired) electrons. The first kappa shape index (κ1) is 15.9. The molecule has 0 aliphatic carbocycles. The summed E-state index contributed by atoms with van der Waals surface area (Å²) in [6.45, 7) is -0.0547. The van der Waals surface area contributed by atoms with Crippen LogP contribution in [0.15, 0.2) is 56.3 Å². The lowest BCUT2D eigenvalue weighted by Crippen LogP contribution is -2.29. The molecule has 8 nitrogen and oxygen atoms in total. The van der Waals surface area contributed by atoms with Crippen LogP contribution in [0.5, 0.6) is 11.5 Å². The van der Waals surface area contributed by atoms with E-state index in [0.29, 0.717) is 17.3 Å². The van der Waals surface area contributed by atoms with Gasteiger partial charge in [0.1, 0.15) is 24.2 Å². The minimum absolute atomic E-state index is 0.00170. The van der Waals surface area contributed by atoms with E-state index < -0.39 is 11.9 Å². The first-order valence-electron chi connectivity index (χ1n) is 7.22. The van der Waals surface area contributed by atoms with Crippen molar-refractivity contribution in [3.63, 3.8) is 0 Å². The van der Waals surface area contributed by atoms with Gasteiger partial charge in [0.2, 0.25) is 0 Å². The third-order valence-corrected chi connectivity index (χ3v) is 3.22. The zero-order valence-corrected chi connectivity index (χ0v) is 12.9. The monoisotopic (exact) mass is 332 g/mol. The van der Waals surface area contributed by atoms with E-state index in [0.717, 1.165) is 4.68 Å². The van der Waals surface area contributed by atoms with Crippen molar-refractivity contribution in [2.45, 2.75) is 12.6 Å². The van der Waals surface area contributed by atoms with Crippen LogP contribution in [0.2, 0.25) is 0 Å². The average Bonchev–Trinajstić information content (AvgIpc) is 3.24. The Labute approximate surface area is 136 Å². The molecule has 0 spiro atoms. The van der Waals surface area contributed by atoms with Gasteiger partial charge >= 0.3 is 5.76 Å². The molecule has 0 fully saturated rings. The quantitative estimate of drug-likeness (QED) is 0.700. The van der Waals surface area contributed by atoms with Gasteiger partial charge in [0, 0.05) is 0 Å². The van der Waals surface area contributed by atoms with E-state index in [4.69, 9.17) is 18.3 Å². The largest absolute Gasteiger partial charge is 0.497 e. The Morgan fingerprint density at radius 2 is 2.00 bits per heavy atom. The van der Waals surface area contributed by atoms with Crippen LogP contribution in [-0.2, 0) is 6.54 Å². The minimum Gasteiger partial charge on any atom is -0.497 e. The summed E-state index contributed by atoms with van der Waals surface area (Å²) >= 11 is 0. The highest BCUT2D eigenvalue weighted by atomic mass is 16.5. The Bertz CT molecular complexity index is 819. The Morgan fingerprint density at radius 3 is 2.67 bits per heavy atom. The molecule has 0 unspecified atom stereocenters. The second-order valence-corrected chi connectivity index (χ2v) is 4.97. The molecule has 0 aliphatic rings. The third-order valence-electron chi connectivity index (χ3n) is 3.22. The number of ether oxygens (including phenoxy) is 2. The average molecular weight is 332 g/mol. The normalized spacial score (nSPS) is 12.1. The van der Waals surface area contributed by atoms with Crippen LogP contribution in [0.25, 0.3) is 11.7 Å². The van der Waals surface area contributed by atoms with Gasteiger partial charge < -0.3 is 23.4 Å². The zero-order valence-electron chi connectivity index (χ0n) is 12.9. The molecule has 0 aliphatic heterocycles. The predicted molar refractivity (Wildman–Crippen MR) is 83.0 cm³/mol. The second-order valence-electron chi connectivity index (χ2n) is 4.97. The minimum atomic E-state index is -0.931. The smallest absolute Gasteiger partial charge is 0.437 e. The predicted octanol–water partition coefficient (Wildman–Crippen LogP) is 1.54. The number of furan rings is 1. The topological polar surface area (TPSA) is 99.9 Å². The van der Waals surface area contributed by atoms with E-state index in [1.54, 1.807) is 43.5 Å². The van der Waals surface area contributed by atoms with Gasteiger partial charge in [-0.2, -0.15) is 4.68 Å². The van der Waals surface area contributed by atoms with E-state index in [1.807, 2.05) is 0 Å². The highest BCUT2D eigenvalue weighted by molar-refractivity contribution is 5.42. The molecule has 24 heavy (non-hydrogen) atoms. The lowest BCUT2D eigenvalue weighted by atomic mass is 10.3. The highest BCUT2D eigenvalue weighted by Gasteiger charge is 2.15. The maximum Gasteiger partial charge on any atom is 0.437 e. The maximum absolute atomic E-state index is 11.7. The van der Waals surface area contributed by atoms with Gasteiger partial charge in [0.05, 0.1) is 19.9 Å². The SMILES string of the molecule is COc1ccc(OC[C@@H](O)Cn2nc(-c3ccco3)oc2=O)cc1. The van der Waals surface area contributed by atoms with E-state index in [1.165, 1.54) is 6.26 Å². The number of nitrogens with zero attached hydrogens (tertiary/aromatic N) is 2. The van der Waals surface area contributed by atoms with Gasteiger partial charge in [-0.1, -0.05) is 0 Å². The Morgan fingerprint density at radius 1 is 1.25 bits per heavy atom. The molecule has 0 saturated carbocycles. The summed E-state index contributed by atoms with van der Waals surface area (Å²) in [6.07, 6.45) is 0.519. The van der Waals surface area contributed by atoms with Gasteiger partial charge in [-0.25, -0.2) is 4.79 Å². The van der Waals surface area contributed by atoms with Crippen LogP contribution < -0.4 is 15.2 Å². The van der Waals surface area contributed by atoms with Crippen LogP contribution in [0.3, 0.4) is 0 Å². The third kappa shape index (κ3) is 3.66. The molecule has 1 N–H and O–H groups in total. The molecule has 2 heterocycles. The molecule has 3 aromatic rings. The summed E-state index contributed by atoms with van der Waals surface area (Å²) in [5.74, 6) is 1.02.